The molecular formula is C13H13NO4S. The number of hydrogen-bond acceptors (Lipinski definition) is 6. The zero-order valence-electron chi connectivity index (χ0n) is 10.2. The first kappa shape index (κ1) is 13.7. The van der Waals surface area contributed by atoms with Gasteiger partial charge in [-0.25, -0.2) is 9.78 Å². The van der Waals surface area contributed by atoms with Crippen LogP contribution >= 0.6 is 11.3 Å². The molecule has 0 aliphatic rings. The number of hydrogen-bond donors (Lipinski definition) is 0. The fourth-order valence-corrected chi connectivity index (χ4v) is 1.84. The van der Waals surface area contributed by atoms with Crippen molar-refractivity contribution < 1.29 is 19.0 Å². The summed E-state index contributed by atoms with van der Waals surface area (Å²) in [5.74, 6) is -0.488. The van der Waals surface area contributed by atoms with Crippen molar-refractivity contribution in [2.24, 2.45) is 0 Å². The Morgan fingerprint density at radius 2 is 2.00 bits per heavy atom. The maximum Gasteiger partial charge on any atom is 0.369 e. The van der Waals surface area contributed by atoms with E-state index in [4.69, 9.17) is 14.2 Å². The van der Waals surface area contributed by atoms with Crippen molar-refractivity contribution >= 4 is 17.3 Å². The van der Waals surface area contributed by atoms with Crippen molar-refractivity contribution in [3.8, 4) is 0 Å². The zero-order chi connectivity index (χ0) is 13.3. The molecule has 0 fully saturated rings. The summed E-state index contributed by atoms with van der Waals surface area (Å²) in [4.78, 5) is 15.2. The van der Waals surface area contributed by atoms with E-state index in [2.05, 4.69) is 4.98 Å². The van der Waals surface area contributed by atoms with Gasteiger partial charge >= 0.3 is 5.97 Å². The second-order valence-electron chi connectivity index (χ2n) is 3.54. The highest BCUT2D eigenvalue weighted by Crippen LogP contribution is 2.05. The van der Waals surface area contributed by atoms with E-state index in [1.807, 2.05) is 30.3 Å². The summed E-state index contributed by atoms with van der Waals surface area (Å²) >= 11 is 1.22. The third kappa shape index (κ3) is 4.78. The third-order valence-corrected chi connectivity index (χ3v) is 2.91. The molecule has 0 amide bonds. The maximum absolute atomic E-state index is 11.4. The lowest BCUT2D eigenvalue weighted by Gasteiger charge is -2.06. The zero-order valence-corrected chi connectivity index (χ0v) is 11.0. The molecule has 0 N–H and O–H groups in total. The lowest BCUT2D eigenvalue weighted by molar-refractivity contribution is -0.117. The van der Waals surface area contributed by atoms with Crippen LogP contribution in [0.2, 0.25) is 0 Å². The van der Waals surface area contributed by atoms with Crippen molar-refractivity contribution in [2.75, 3.05) is 13.6 Å². The fourth-order valence-electron chi connectivity index (χ4n) is 1.31. The number of nitrogens with zero attached hydrogens (tertiary/aromatic N) is 1. The van der Waals surface area contributed by atoms with E-state index >= 15 is 0 Å². The van der Waals surface area contributed by atoms with Gasteiger partial charge < -0.3 is 14.2 Å². The number of esters is 1. The van der Waals surface area contributed by atoms with Gasteiger partial charge in [0.25, 0.3) is 0 Å². The van der Waals surface area contributed by atoms with E-state index in [0.29, 0.717) is 11.6 Å². The van der Waals surface area contributed by atoms with Gasteiger partial charge in [0, 0.05) is 11.6 Å². The molecule has 6 heteroatoms. The Morgan fingerprint density at radius 1 is 1.16 bits per heavy atom. The van der Waals surface area contributed by atoms with Crippen LogP contribution in [0.25, 0.3) is 0 Å². The van der Waals surface area contributed by atoms with Crippen molar-refractivity contribution in [3.63, 3.8) is 0 Å². The predicted molar refractivity (Wildman–Crippen MR) is 69.6 cm³/mol. The largest absolute Gasteiger partial charge is 0.433 e. The Bertz CT molecular complexity index is 487. The number of aromatic nitrogens is 1. The lowest BCUT2D eigenvalue weighted by atomic mass is 10.2. The summed E-state index contributed by atoms with van der Waals surface area (Å²) in [6.07, 6.45) is 1.55. The molecular weight excluding hydrogens is 266 g/mol. The normalized spacial score (nSPS) is 10.3. The van der Waals surface area contributed by atoms with Crippen LogP contribution in [0.5, 0.6) is 0 Å². The van der Waals surface area contributed by atoms with Crippen LogP contribution in [0.15, 0.2) is 41.9 Å². The van der Waals surface area contributed by atoms with E-state index < -0.39 is 5.97 Å². The molecule has 0 unspecified atom stereocenters. The predicted octanol–water partition coefficient (Wildman–Crippen LogP) is 2.45. The first-order valence-electron chi connectivity index (χ1n) is 5.62. The van der Waals surface area contributed by atoms with Crippen LogP contribution in [-0.4, -0.2) is 24.5 Å². The Labute approximate surface area is 114 Å². The molecule has 1 aromatic heterocycles. The monoisotopic (exact) mass is 279 g/mol. The molecule has 0 bridgehead atoms. The molecule has 0 saturated heterocycles. The maximum atomic E-state index is 11.4. The number of thiazole rings is 1. The quantitative estimate of drug-likeness (QED) is 0.442. The average molecular weight is 279 g/mol. The Balaban J connectivity index is 1.54. The standard InChI is InChI=1S/C13H13NO4S/c15-13(12-14-6-7-19-12)18-10-17-9-16-8-11-4-2-1-3-5-11/h1-7H,8-10H2. The van der Waals surface area contributed by atoms with Gasteiger partial charge in [-0.1, -0.05) is 30.3 Å². The van der Waals surface area contributed by atoms with Crippen LogP contribution in [0.3, 0.4) is 0 Å². The second kappa shape index (κ2) is 7.63. The van der Waals surface area contributed by atoms with Crippen molar-refractivity contribution in [1.82, 2.24) is 4.98 Å². The molecule has 1 aromatic carbocycles. The number of carbonyl (C=O) groups is 1. The highest BCUT2D eigenvalue weighted by atomic mass is 32.1. The Kier molecular flexibility index (Phi) is 5.49. The summed E-state index contributed by atoms with van der Waals surface area (Å²) in [6.45, 7) is 0.383. The molecule has 0 aliphatic heterocycles. The highest BCUT2D eigenvalue weighted by molar-refractivity contribution is 7.11. The molecule has 1 heterocycles. The molecule has 19 heavy (non-hydrogen) atoms. The van der Waals surface area contributed by atoms with E-state index in [1.54, 1.807) is 11.6 Å². The van der Waals surface area contributed by atoms with Gasteiger partial charge in [-0.05, 0) is 5.56 Å². The molecule has 2 aromatic rings. The number of benzene rings is 1. The molecule has 2 rings (SSSR count). The molecule has 0 saturated carbocycles. The van der Waals surface area contributed by atoms with Gasteiger partial charge in [-0.3, -0.25) is 0 Å². The van der Waals surface area contributed by atoms with Crippen molar-refractivity contribution in [1.29, 1.82) is 0 Å². The molecule has 0 aliphatic carbocycles. The van der Waals surface area contributed by atoms with Gasteiger partial charge in [0.15, 0.2) is 13.6 Å². The van der Waals surface area contributed by atoms with Gasteiger partial charge in [0.2, 0.25) is 5.01 Å². The van der Waals surface area contributed by atoms with Gasteiger partial charge in [0.05, 0.1) is 6.61 Å². The van der Waals surface area contributed by atoms with E-state index in [9.17, 15) is 4.79 Å². The minimum Gasteiger partial charge on any atom is -0.433 e. The van der Waals surface area contributed by atoms with E-state index in [-0.39, 0.29) is 13.6 Å². The number of ether oxygens (including phenoxy) is 3. The summed E-state index contributed by atoms with van der Waals surface area (Å²) in [5, 5.41) is 2.02. The number of rotatable bonds is 7. The summed E-state index contributed by atoms with van der Waals surface area (Å²) in [6, 6.07) is 9.74. The molecule has 0 atom stereocenters. The molecule has 5 nitrogen and oxygen atoms in total. The molecule has 100 valence electrons. The summed E-state index contributed by atoms with van der Waals surface area (Å²) < 4.78 is 15.1. The number of carbonyl (C=O) groups excluding carboxylic acids is 1. The van der Waals surface area contributed by atoms with E-state index in [0.717, 1.165) is 5.56 Å². The summed E-state index contributed by atoms with van der Waals surface area (Å²) in [5.41, 5.74) is 1.06. The SMILES string of the molecule is O=C(OCOCOCc1ccccc1)c1nccs1. The van der Waals surface area contributed by atoms with Crippen LogP contribution in [0.1, 0.15) is 15.4 Å². The van der Waals surface area contributed by atoms with Gasteiger partial charge in [-0.2, -0.15) is 0 Å². The van der Waals surface area contributed by atoms with Gasteiger partial charge in [-0.15, -0.1) is 11.3 Å². The topological polar surface area (TPSA) is 57.7 Å². The van der Waals surface area contributed by atoms with E-state index in [1.165, 1.54) is 11.3 Å². The molecule has 0 radical (unpaired) electrons. The average Bonchev–Trinajstić information content (AvgIpc) is 2.98. The minimum absolute atomic E-state index is 0.0695. The third-order valence-electron chi connectivity index (χ3n) is 2.16. The Morgan fingerprint density at radius 3 is 2.74 bits per heavy atom. The molecule has 0 spiro atoms. The van der Waals surface area contributed by atoms with Crippen molar-refractivity contribution in [3.05, 3.63) is 52.5 Å². The Hall–Kier alpha value is -1.76. The smallest absolute Gasteiger partial charge is 0.369 e. The summed E-state index contributed by atoms with van der Waals surface area (Å²) in [7, 11) is 0. The fraction of sp³-hybridized carbons (Fsp3) is 0.231. The van der Waals surface area contributed by atoms with Crippen LogP contribution in [0.4, 0.5) is 0 Å². The first-order chi connectivity index (χ1) is 9.36. The first-order valence-corrected chi connectivity index (χ1v) is 6.50. The highest BCUT2D eigenvalue weighted by Gasteiger charge is 2.08. The lowest BCUT2D eigenvalue weighted by Crippen LogP contribution is -2.10. The van der Waals surface area contributed by atoms with Crippen LogP contribution < -0.4 is 0 Å². The second-order valence-corrected chi connectivity index (χ2v) is 4.44. The van der Waals surface area contributed by atoms with Gasteiger partial charge in [0.1, 0.15) is 0 Å². The van der Waals surface area contributed by atoms with Crippen LogP contribution in [-0.2, 0) is 20.8 Å². The van der Waals surface area contributed by atoms with Crippen LogP contribution in [0, 0.1) is 0 Å². The van der Waals surface area contributed by atoms with Crippen molar-refractivity contribution in [2.45, 2.75) is 6.61 Å². The minimum atomic E-state index is -0.488.